The number of aromatic nitrogens is 1. The molecule has 4 nitrogen and oxygen atoms in total. The standard InChI is InChI=1S/C26H35FN2O2/c1-20(2)19-28-25(30)18-21(3)23(27)13-8-6-4-5-7-11-17-31-26-16-15-22-12-9-10-14-24(22)29-26/h9-10,12-16,18,20H,4-8,11,17,19H2,1-3H3,(H,28,30). The number of nitrogens with zero attached hydrogens (tertiary/aromatic N) is 1. The average molecular weight is 427 g/mol. The summed E-state index contributed by atoms with van der Waals surface area (Å²) in [4.78, 5) is 16.2. The van der Waals surface area contributed by atoms with Crippen molar-refractivity contribution in [2.24, 2.45) is 5.92 Å². The number of ether oxygens (including phenoxy) is 1. The van der Waals surface area contributed by atoms with Crippen LogP contribution in [0.2, 0.25) is 0 Å². The van der Waals surface area contributed by atoms with Gasteiger partial charge in [0.15, 0.2) is 0 Å². The molecule has 0 fully saturated rings. The Labute approximate surface area is 185 Å². The minimum atomic E-state index is -0.309. The minimum Gasteiger partial charge on any atom is -0.478 e. The Hall–Kier alpha value is -2.69. The number of amides is 1. The lowest BCUT2D eigenvalue weighted by Crippen LogP contribution is -2.25. The molecule has 2 aromatic rings. The molecule has 1 N–H and O–H groups in total. The van der Waals surface area contributed by atoms with Crippen LogP contribution in [-0.2, 0) is 4.79 Å². The maximum absolute atomic E-state index is 14.1. The molecule has 0 aliphatic rings. The summed E-state index contributed by atoms with van der Waals surface area (Å²) in [6, 6.07) is 11.9. The van der Waals surface area contributed by atoms with Crippen molar-refractivity contribution in [3.63, 3.8) is 0 Å². The molecule has 168 valence electrons. The van der Waals surface area contributed by atoms with Crippen molar-refractivity contribution in [2.75, 3.05) is 13.2 Å². The zero-order chi connectivity index (χ0) is 22.5. The quantitative estimate of drug-likeness (QED) is 0.225. The molecule has 0 spiro atoms. The first kappa shape index (κ1) is 24.6. The lowest BCUT2D eigenvalue weighted by Gasteiger charge is -2.06. The second-order valence-electron chi connectivity index (χ2n) is 8.27. The van der Waals surface area contributed by atoms with Gasteiger partial charge < -0.3 is 10.1 Å². The van der Waals surface area contributed by atoms with Crippen LogP contribution in [-0.4, -0.2) is 24.0 Å². The second-order valence-corrected chi connectivity index (χ2v) is 8.27. The third-order valence-corrected chi connectivity index (χ3v) is 4.90. The topological polar surface area (TPSA) is 51.2 Å². The summed E-state index contributed by atoms with van der Waals surface area (Å²) in [6.45, 7) is 6.92. The van der Waals surface area contributed by atoms with Crippen LogP contribution in [0.1, 0.15) is 59.3 Å². The Morgan fingerprint density at radius 2 is 1.84 bits per heavy atom. The summed E-state index contributed by atoms with van der Waals surface area (Å²) in [5.41, 5.74) is 1.32. The van der Waals surface area contributed by atoms with Gasteiger partial charge in [-0.3, -0.25) is 4.79 Å². The van der Waals surface area contributed by atoms with Gasteiger partial charge in [-0.2, -0.15) is 0 Å². The van der Waals surface area contributed by atoms with Crippen molar-refractivity contribution in [1.29, 1.82) is 0 Å². The van der Waals surface area contributed by atoms with E-state index in [1.54, 1.807) is 13.0 Å². The Morgan fingerprint density at radius 1 is 1.10 bits per heavy atom. The SMILES string of the molecule is CC(=CC(=O)NCC(C)C)C(F)=CCCCCCCCOc1ccc2ccccc2n1. The van der Waals surface area contributed by atoms with Gasteiger partial charge in [-0.1, -0.05) is 51.3 Å². The molecule has 0 radical (unpaired) electrons. The molecule has 1 amide bonds. The Morgan fingerprint density at radius 3 is 2.65 bits per heavy atom. The molecule has 0 unspecified atom stereocenters. The molecule has 0 saturated carbocycles. The fourth-order valence-corrected chi connectivity index (χ4v) is 3.09. The molecular weight excluding hydrogens is 391 g/mol. The highest BCUT2D eigenvalue weighted by molar-refractivity contribution is 5.88. The molecule has 2 rings (SSSR count). The number of allylic oxidation sites excluding steroid dienone is 3. The third kappa shape index (κ3) is 9.77. The van der Waals surface area contributed by atoms with Crippen LogP contribution in [0.25, 0.3) is 10.9 Å². The number of rotatable bonds is 13. The molecule has 0 aliphatic heterocycles. The first-order valence-corrected chi connectivity index (χ1v) is 11.3. The van der Waals surface area contributed by atoms with E-state index in [2.05, 4.69) is 10.3 Å². The normalized spacial score (nSPS) is 12.4. The molecule has 31 heavy (non-hydrogen) atoms. The molecule has 5 heteroatoms. The van der Waals surface area contributed by atoms with E-state index in [-0.39, 0.29) is 11.7 Å². The van der Waals surface area contributed by atoms with Crippen LogP contribution in [0.3, 0.4) is 0 Å². The number of unbranched alkanes of at least 4 members (excludes halogenated alkanes) is 5. The van der Waals surface area contributed by atoms with Gasteiger partial charge in [0.1, 0.15) is 5.83 Å². The highest BCUT2D eigenvalue weighted by atomic mass is 19.1. The van der Waals surface area contributed by atoms with Gasteiger partial charge in [0.25, 0.3) is 0 Å². The smallest absolute Gasteiger partial charge is 0.244 e. The van der Waals surface area contributed by atoms with Gasteiger partial charge in [-0.05, 0) is 55.9 Å². The molecule has 0 aliphatic carbocycles. The summed E-state index contributed by atoms with van der Waals surface area (Å²) in [5, 5.41) is 3.87. The van der Waals surface area contributed by atoms with Crippen LogP contribution in [0.4, 0.5) is 4.39 Å². The van der Waals surface area contributed by atoms with Gasteiger partial charge in [-0.15, -0.1) is 0 Å². The van der Waals surface area contributed by atoms with Crippen molar-refractivity contribution in [3.8, 4) is 5.88 Å². The number of carbonyl (C=O) groups is 1. The van der Waals surface area contributed by atoms with Gasteiger partial charge in [0.2, 0.25) is 11.8 Å². The summed E-state index contributed by atoms with van der Waals surface area (Å²) >= 11 is 0. The van der Waals surface area contributed by atoms with E-state index in [4.69, 9.17) is 4.74 Å². The molecule has 0 bridgehead atoms. The van der Waals surface area contributed by atoms with Gasteiger partial charge >= 0.3 is 0 Å². The van der Waals surface area contributed by atoms with Gasteiger partial charge in [0, 0.05) is 24.1 Å². The largest absolute Gasteiger partial charge is 0.478 e. The van der Waals surface area contributed by atoms with Crippen molar-refractivity contribution < 1.29 is 13.9 Å². The number of para-hydroxylation sites is 1. The maximum Gasteiger partial charge on any atom is 0.244 e. The van der Waals surface area contributed by atoms with E-state index in [9.17, 15) is 9.18 Å². The summed E-state index contributed by atoms with van der Waals surface area (Å²) in [6.07, 6.45) is 8.73. The Bertz CT molecular complexity index is 890. The zero-order valence-electron chi connectivity index (χ0n) is 19.0. The number of hydrogen-bond acceptors (Lipinski definition) is 3. The predicted octanol–water partition coefficient (Wildman–Crippen LogP) is 6.53. The van der Waals surface area contributed by atoms with Crippen LogP contribution in [0.5, 0.6) is 5.88 Å². The number of halogens is 1. The summed E-state index contributed by atoms with van der Waals surface area (Å²) in [5.74, 6) is 0.493. The molecule has 0 saturated heterocycles. The van der Waals surface area contributed by atoms with E-state index in [1.165, 1.54) is 6.08 Å². The first-order chi connectivity index (χ1) is 15.0. The van der Waals surface area contributed by atoms with Crippen molar-refractivity contribution in [3.05, 3.63) is 60.0 Å². The van der Waals surface area contributed by atoms with Crippen LogP contribution in [0, 0.1) is 5.92 Å². The summed E-state index contributed by atoms with van der Waals surface area (Å²) in [7, 11) is 0. The van der Waals surface area contributed by atoms with E-state index in [0.29, 0.717) is 36.9 Å². The van der Waals surface area contributed by atoms with Crippen molar-refractivity contribution >= 4 is 16.8 Å². The monoisotopic (exact) mass is 426 g/mol. The van der Waals surface area contributed by atoms with Crippen LogP contribution in [0.15, 0.2) is 60.0 Å². The molecular formula is C26H35FN2O2. The lowest BCUT2D eigenvalue weighted by atomic mass is 10.1. The van der Waals surface area contributed by atoms with E-state index in [0.717, 1.165) is 43.0 Å². The predicted molar refractivity (Wildman–Crippen MR) is 126 cm³/mol. The highest BCUT2D eigenvalue weighted by Crippen LogP contribution is 2.17. The summed E-state index contributed by atoms with van der Waals surface area (Å²) < 4.78 is 19.8. The van der Waals surface area contributed by atoms with E-state index in [1.807, 2.05) is 50.2 Å². The zero-order valence-corrected chi connectivity index (χ0v) is 19.0. The number of nitrogens with one attached hydrogen (secondary N) is 1. The van der Waals surface area contributed by atoms with E-state index < -0.39 is 0 Å². The van der Waals surface area contributed by atoms with Gasteiger partial charge in [-0.25, -0.2) is 9.37 Å². The maximum atomic E-state index is 14.1. The second kappa shape index (κ2) is 13.6. The van der Waals surface area contributed by atoms with Gasteiger partial charge in [0.05, 0.1) is 12.1 Å². The number of benzene rings is 1. The highest BCUT2D eigenvalue weighted by Gasteiger charge is 2.03. The Kier molecular flexibility index (Phi) is 10.8. The lowest BCUT2D eigenvalue weighted by molar-refractivity contribution is -0.116. The van der Waals surface area contributed by atoms with Crippen molar-refractivity contribution in [2.45, 2.75) is 59.3 Å². The number of pyridine rings is 1. The first-order valence-electron chi connectivity index (χ1n) is 11.3. The number of fused-ring (bicyclic) bond motifs is 1. The minimum absolute atomic E-state index is 0.240. The van der Waals surface area contributed by atoms with E-state index >= 15 is 0 Å². The number of hydrogen-bond donors (Lipinski definition) is 1. The number of carbonyl (C=O) groups excluding carboxylic acids is 1. The molecule has 0 atom stereocenters. The average Bonchev–Trinajstić information content (AvgIpc) is 2.76. The fourth-order valence-electron chi connectivity index (χ4n) is 3.09. The van der Waals surface area contributed by atoms with Crippen molar-refractivity contribution in [1.82, 2.24) is 10.3 Å². The fraction of sp³-hybridized carbons (Fsp3) is 0.462. The van der Waals surface area contributed by atoms with Crippen LogP contribution >= 0.6 is 0 Å². The third-order valence-electron chi connectivity index (χ3n) is 4.90. The van der Waals surface area contributed by atoms with Crippen LogP contribution < -0.4 is 10.1 Å². The Balaban J connectivity index is 1.55. The molecule has 1 heterocycles. The molecule has 1 aromatic carbocycles. The molecule has 1 aromatic heterocycles.